The number of carbonyl (C=O) groups excluding carboxylic acids is 2. The summed E-state index contributed by atoms with van der Waals surface area (Å²) >= 11 is 0. The van der Waals surface area contributed by atoms with Crippen LogP contribution < -0.4 is 5.32 Å². The molecule has 0 fully saturated rings. The van der Waals surface area contributed by atoms with Crippen molar-refractivity contribution in [3.05, 3.63) is 35.9 Å². The summed E-state index contributed by atoms with van der Waals surface area (Å²) in [6.45, 7) is 8.93. The van der Waals surface area contributed by atoms with E-state index in [9.17, 15) is 9.59 Å². The molecule has 1 amide bonds. The molecule has 22 heavy (non-hydrogen) atoms. The third-order valence-corrected chi connectivity index (χ3v) is 3.31. The van der Waals surface area contributed by atoms with E-state index in [1.807, 2.05) is 62.9 Å². The maximum absolute atomic E-state index is 12.4. The first kappa shape index (κ1) is 18.2. The summed E-state index contributed by atoms with van der Waals surface area (Å²) in [7, 11) is 0. The van der Waals surface area contributed by atoms with Crippen molar-refractivity contribution in [2.45, 2.75) is 39.8 Å². The average molecular weight is 306 g/mol. The van der Waals surface area contributed by atoms with E-state index >= 15 is 0 Å². The zero-order chi connectivity index (χ0) is 16.5. The number of carbonyl (C=O) groups is 2. The number of benzene rings is 1. The lowest BCUT2D eigenvalue weighted by Crippen LogP contribution is -2.38. The van der Waals surface area contributed by atoms with E-state index < -0.39 is 12.0 Å². The largest absolute Gasteiger partial charge is 0.454 e. The molecule has 0 bridgehead atoms. The Hall–Kier alpha value is -1.88. The standard InChI is InChI=1S/C17H26N2O3/c1-5-19(6-2)16(14-10-8-7-9-11-14)17(21)22-12-15(20)18-13(3)4/h7-11,13,16H,5-6,12H2,1-4H3,(H,18,20)/t16-/m0/s1. The predicted octanol–water partition coefficient (Wildman–Crippen LogP) is 2.14. The summed E-state index contributed by atoms with van der Waals surface area (Å²) in [5, 5.41) is 2.70. The minimum atomic E-state index is -0.483. The average Bonchev–Trinajstić information content (AvgIpc) is 2.50. The van der Waals surface area contributed by atoms with Crippen LogP contribution in [-0.4, -0.2) is 42.5 Å². The number of esters is 1. The zero-order valence-electron chi connectivity index (χ0n) is 13.8. The van der Waals surface area contributed by atoms with Crippen molar-refractivity contribution >= 4 is 11.9 Å². The van der Waals surface area contributed by atoms with Gasteiger partial charge in [0.25, 0.3) is 5.91 Å². The molecule has 0 radical (unpaired) electrons. The minimum Gasteiger partial charge on any atom is -0.454 e. The molecule has 0 heterocycles. The fourth-order valence-electron chi connectivity index (χ4n) is 2.30. The Morgan fingerprint density at radius 3 is 2.23 bits per heavy atom. The first-order valence-electron chi connectivity index (χ1n) is 7.74. The number of amides is 1. The zero-order valence-corrected chi connectivity index (χ0v) is 13.8. The Morgan fingerprint density at radius 2 is 1.73 bits per heavy atom. The number of likely N-dealkylation sites (N-methyl/N-ethyl adjacent to an activating group) is 1. The van der Waals surface area contributed by atoms with Crippen LogP contribution in [0.2, 0.25) is 0 Å². The molecule has 5 nitrogen and oxygen atoms in total. The van der Waals surface area contributed by atoms with Gasteiger partial charge in [0.1, 0.15) is 6.04 Å². The van der Waals surface area contributed by atoms with Gasteiger partial charge in [-0.05, 0) is 32.5 Å². The van der Waals surface area contributed by atoms with Crippen molar-refractivity contribution in [1.29, 1.82) is 0 Å². The normalized spacial score (nSPS) is 12.3. The lowest BCUT2D eigenvalue weighted by molar-refractivity contribution is -0.154. The lowest BCUT2D eigenvalue weighted by atomic mass is 10.1. The fourth-order valence-corrected chi connectivity index (χ4v) is 2.30. The van der Waals surface area contributed by atoms with Gasteiger partial charge in [0.2, 0.25) is 0 Å². The number of hydrogen-bond donors (Lipinski definition) is 1. The van der Waals surface area contributed by atoms with Gasteiger partial charge < -0.3 is 10.1 Å². The van der Waals surface area contributed by atoms with Crippen LogP contribution in [-0.2, 0) is 14.3 Å². The summed E-state index contributed by atoms with van der Waals surface area (Å²) in [4.78, 5) is 26.1. The fraction of sp³-hybridized carbons (Fsp3) is 0.529. The Kier molecular flexibility index (Phi) is 7.60. The molecule has 1 aromatic rings. The molecule has 0 saturated carbocycles. The van der Waals surface area contributed by atoms with Crippen LogP contribution in [0.15, 0.2) is 30.3 Å². The highest BCUT2D eigenvalue weighted by molar-refractivity contribution is 5.83. The van der Waals surface area contributed by atoms with Gasteiger partial charge in [0.15, 0.2) is 6.61 Å². The van der Waals surface area contributed by atoms with Crippen molar-refractivity contribution < 1.29 is 14.3 Å². The topological polar surface area (TPSA) is 58.6 Å². The Balaban J connectivity index is 2.79. The van der Waals surface area contributed by atoms with E-state index in [-0.39, 0.29) is 18.6 Å². The van der Waals surface area contributed by atoms with Gasteiger partial charge in [0.05, 0.1) is 0 Å². The van der Waals surface area contributed by atoms with Crippen molar-refractivity contribution in [2.75, 3.05) is 19.7 Å². The van der Waals surface area contributed by atoms with Gasteiger partial charge in [-0.2, -0.15) is 0 Å². The van der Waals surface area contributed by atoms with Crippen LogP contribution in [0.25, 0.3) is 0 Å². The van der Waals surface area contributed by atoms with E-state index in [4.69, 9.17) is 4.74 Å². The molecule has 122 valence electrons. The SMILES string of the molecule is CCN(CC)[C@H](C(=O)OCC(=O)NC(C)C)c1ccccc1. The molecule has 1 N–H and O–H groups in total. The van der Waals surface area contributed by atoms with Gasteiger partial charge in [-0.3, -0.25) is 9.69 Å². The molecule has 0 aliphatic heterocycles. The smallest absolute Gasteiger partial charge is 0.328 e. The highest BCUT2D eigenvalue weighted by Gasteiger charge is 2.27. The lowest BCUT2D eigenvalue weighted by Gasteiger charge is -2.28. The van der Waals surface area contributed by atoms with Gasteiger partial charge in [-0.25, -0.2) is 4.79 Å². The minimum absolute atomic E-state index is 0.0268. The number of hydrogen-bond acceptors (Lipinski definition) is 4. The van der Waals surface area contributed by atoms with Crippen molar-refractivity contribution in [1.82, 2.24) is 10.2 Å². The number of rotatable bonds is 8. The van der Waals surface area contributed by atoms with Crippen LogP contribution >= 0.6 is 0 Å². The molecule has 5 heteroatoms. The first-order valence-corrected chi connectivity index (χ1v) is 7.74. The molecule has 0 saturated heterocycles. The van der Waals surface area contributed by atoms with Crippen LogP contribution in [0.3, 0.4) is 0 Å². The molecule has 1 rings (SSSR count). The summed E-state index contributed by atoms with van der Waals surface area (Å²) in [6, 6.07) is 9.04. The molecular weight excluding hydrogens is 280 g/mol. The van der Waals surface area contributed by atoms with Crippen LogP contribution in [0.1, 0.15) is 39.3 Å². The molecule has 1 aromatic carbocycles. The number of ether oxygens (including phenoxy) is 1. The highest BCUT2D eigenvalue weighted by atomic mass is 16.5. The maximum Gasteiger partial charge on any atom is 0.328 e. The molecule has 0 aromatic heterocycles. The monoisotopic (exact) mass is 306 g/mol. The van der Waals surface area contributed by atoms with Crippen LogP contribution in [0.5, 0.6) is 0 Å². The quantitative estimate of drug-likeness (QED) is 0.748. The van der Waals surface area contributed by atoms with Crippen LogP contribution in [0, 0.1) is 0 Å². The summed E-state index contributed by atoms with van der Waals surface area (Å²) in [5.41, 5.74) is 0.875. The summed E-state index contributed by atoms with van der Waals surface area (Å²) in [5.74, 6) is -0.677. The van der Waals surface area contributed by atoms with E-state index in [0.29, 0.717) is 0 Å². The Morgan fingerprint density at radius 1 is 1.14 bits per heavy atom. The second-order valence-electron chi connectivity index (χ2n) is 5.36. The Labute approximate surface area is 132 Å². The third kappa shape index (κ3) is 5.48. The van der Waals surface area contributed by atoms with Crippen molar-refractivity contribution in [3.63, 3.8) is 0 Å². The maximum atomic E-state index is 12.4. The highest BCUT2D eigenvalue weighted by Crippen LogP contribution is 2.21. The summed E-state index contributed by atoms with van der Waals surface area (Å²) in [6.07, 6.45) is 0. The summed E-state index contributed by atoms with van der Waals surface area (Å²) < 4.78 is 5.21. The number of nitrogens with one attached hydrogen (secondary N) is 1. The van der Waals surface area contributed by atoms with Crippen LogP contribution in [0.4, 0.5) is 0 Å². The predicted molar refractivity (Wildman–Crippen MR) is 86.3 cm³/mol. The van der Waals surface area contributed by atoms with Gasteiger partial charge in [-0.1, -0.05) is 44.2 Å². The molecule has 0 aliphatic carbocycles. The van der Waals surface area contributed by atoms with Gasteiger partial charge in [-0.15, -0.1) is 0 Å². The van der Waals surface area contributed by atoms with Gasteiger partial charge >= 0.3 is 5.97 Å². The van der Waals surface area contributed by atoms with Gasteiger partial charge in [0, 0.05) is 6.04 Å². The van der Waals surface area contributed by atoms with E-state index in [0.717, 1.165) is 18.7 Å². The Bertz CT molecular complexity index is 470. The molecule has 0 unspecified atom stereocenters. The third-order valence-electron chi connectivity index (χ3n) is 3.31. The van der Waals surface area contributed by atoms with E-state index in [1.54, 1.807) is 0 Å². The second kappa shape index (κ2) is 9.20. The molecule has 0 spiro atoms. The van der Waals surface area contributed by atoms with Crippen molar-refractivity contribution in [3.8, 4) is 0 Å². The molecular formula is C17H26N2O3. The first-order chi connectivity index (χ1) is 10.5. The van der Waals surface area contributed by atoms with E-state index in [2.05, 4.69) is 5.32 Å². The molecule has 0 aliphatic rings. The second-order valence-corrected chi connectivity index (χ2v) is 5.36. The number of nitrogens with zero attached hydrogens (tertiary/aromatic N) is 1. The van der Waals surface area contributed by atoms with Crippen molar-refractivity contribution in [2.24, 2.45) is 0 Å². The van der Waals surface area contributed by atoms with E-state index in [1.165, 1.54) is 0 Å². The molecule has 1 atom stereocenters.